The van der Waals surface area contributed by atoms with E-state index in [1.165, 1.54) is 12.1 Å². The fourth-order valence-electron chi connectivity index (χ4n) is 3.13. The summed E-state index contributed by atoms with van der Waals surface area (Å²) in [5.74, 6) is -0.513. The molecule has 2 aromatic carbocycles. The molecule has 0 radical (unpaired) electrons. The summed E-state index contributed by atoms with van der Waals surface area (Å²) in [7, 11) is 0. The second-order valence-corrected chi connectivity index (χ2v) is 7.22. The molecular formula is C21H20ClFN4O2. The van der Waals surface area contributed by atoms with Gasteiger partial charge in [-0.05, 0) is 35.9 Å². The van der Waals surface area contributed by atoms with Crippen molar-refractivity contribution in [3.8, 4) is 6.07 Å². The summed E-state index contributed by atoms with van der Waals surface area (Å²) in [6.45, 7) is 2.47. The van der Waals surface area contributed by atoms with E-state index in [1.807, 2.05) is 11.0 Å². The molecule has 6 nitrogen and oxygen atoms in total. The van der Waals surface area contributed by atoms with Gasteiger partial charge >= 0.3 is 0 Å². The Labute approximate surface area is 173 Å². The molecule has 0 bridgehead atoms. The van der Waals surface area contributed by atoms with Crippen LogP contribution in [0.1, 0.15) is 11.1 Å². The molecule has 2 amide bonds. The number of piperazine rings is 1. The third-order valence-electron chi connectivity index (χ3n) is 4.73. The Morgan fingerprint density at radius 1 is 1.10 bits per heavy atom. The van der Waals surface area contributed by atoms with Gasteiger partial charge in [0, 0.05) is 31.9 Å². The normalized spacial score (nSPS) is 14.3. The molecule has 0 aliphatic carbocycles. The molecule has 1 N–H and O–H groups in total. The number of anilines is 1. The zero-order valence-corrected chi connectivity index (χ0v) is 16.5. The number of nitrogens with zero attached hydrogens (tertiary/aromatic N) is 3. The van der Waals surface area contributed by atoms with Crippen LogP contribution in [0, 0.1) is 17.1 Å². The van der Waals surface area contributed by atoms with E-state index in [9.17, 15) is 14.0 Å². The smallest absolute Gasteiger partial charge is 0.238 e. The van der Waals surface area contributed by atoms with Crippen LogP contribution < -0.4 is 5.32 Å². The van der Waals surface area contributed by atoms with E-state index in [-0.39, 0.29) is 30.6 Å². The zero-order valence-electron chi connectivity index (χ0n) is 15.7. The molecule has 1 heterocycles. The van der Waals surface area contributed by atoms with Gasteiger partial charge in [-0.2, -0.15) is 5.26 Å². The summed E-state index contributed by atoms with van der Waals surface area (Å²) in [4.78, 5) is 28.4. The number of hydrogen-bond acceptors (Lipinski definition) is 4. The number of amides is 2. The number of nitriles is 1. The fraction of sp³-hybridized carbons (Fsp3) is 0.286. The number of nitrogens with one attached hydrogen (secondary N) is 1. The van der Waals surface area contributed by atoms with E-state index in [4.69, 9.17) is 16.9 Å². The van der Waals surface area contributed by atoms with Crippen LogP contribution in [0.3, 0.4) is 0 Å². The highest BCUT2D eigenvalue weighted by Crippen LogP contribution is 2.20. The summed E-state index contributed by atoms with van der Waals surface area (Å²) in [5, 5.41) is 11.9. The molecule has 0 saturated carbocycles. The molecule has 1 saturated heterocycles. The lowest BCUT2D eigenvalue weighted by Crippen LogP contribution is -2.50. The Morgan fingerprint density at radius 2 is 1.79 bits per heavy atom. The van der Waals surface area contributed by atoms with E-state index in [0.717, 1.165) is 5.56 Å². The molecule has 150 valence electrons. The number of hydrogen-bond donors (Lipinski definition) is 1. The standard InChI is InChI=1S/C21H20ClFN4O2/c22-19-12-18(6-3-16(19)13-24)25-20(28)14-26-7-9-27(10-8-26)21(29)11-15-1-4-17(23)5-2-15/h1-6,12H,7-11,14H2,(H,25,28). The molecule has 29 heavy (non-hydrogen) atoms. The van der Waals surface area contributed by atoms with Crippen LogP contribution in [0.15, 0.2) is 42.5 Å². The van der Waals surface area contributed by atoms with Crippen molar-refractivity contribution in [2.45, 2.75) is 6.42 Å². The van der Waals surface area contributed by atoms with E-state index in [2.05, 4.69) is 5.32 Å². The Balaban J connectivity index is 1.45. The van der Waals surface area contributed by atoms with Gasteiger partial charge in [-0.1, -0.05) is 23.7 Å². The van der Waals surface area contributed by atoms with Crippen LogP contribution in [0.5, 0.6) is 0 Å². The molecule has 1 fully saturated rings. The van der Waals surface area contributed by atoms with E-state index < -0.39 is 0 Å². The van der Waals surface area contributed by atoms with Crippen molar-refractivity contribution in [3.63, 3.8) is 0 Å². The minimum absolute atomic E-state index is 0.00654. The number of carbonyl (C=O) groups is 2. The first-order valence-electron chi connectivity index (χ1n) is 9.18. The van der Waals surface area contributed by atoms with Gasteiger partial charge in [0.25, 0.3) is 0 Å². The third-order valence-corrected chi connectivity index (χ3v) is 5.05. The Morgan fingerprint density at radius 3 is 2.41 bits per heavy atom. The largest absolute Gasteiger partial charge is 0.340 e. The van der Waals surface area contributed by atoms with Gasteiger partial charge in [-0.15, -0.1) is 0 Å². The van der Waals surface area contributed by atoms with E-state index in [1.54, 1.807) is 35.2 Å². The second kappa shape index (κ2) is 9.50. The minimum Gasteiger partial charge on any atom is -0.340 e. The molecule has 1 aliphatic rings. The SMILES string of the molecule is N#Cc1ccc(NC(=O)CN2CCN(C(=O)Cc3ccc(F)cc3)CC2)cc1Cl. The molecule has 1 aliphatic heterocycles. The van der Waals surface area contributed by atoms with Gasteiger partial charge in [0.15, 0.2) is 0 Å². The van der Waals surface area contributed by atoms with Crippen molar-refractivity contribution >= 4 is 29.1 Å². The summed E-state index contributed by atoms with van der Waals surface area (Å²) in [5.41, 5.74) is 1.66. The maximum atomic E-state index is 13.0. The average molecular weight is 415 g/mol. The molecule has 3 rings (SSSR count). The van der Waals surface area contributed by atoms with Crippen molar-refractivity contribution in [3.05, 3.63) is 64.4 Å². The molecule has 8 heteroatoms. The van der Waals surface area contributed by atoms with Crippen molar-refractivity contribution in [1.29, 1.82) is 5.26 Å². The third kappa shape index (κ3) is 5.76. The summed E-state index contributed by atoms with van der Waals surface area (Å²) < 4.78 is 13.0. The highest BCUT2D eigenvalue weighted by atomic mass is 35.5. The second-order valence-electron chi connectivity index (χ2n) is 6.81. The Hall–Kier alpha value is -2.95. The van der Waals surface area contributed by atoms with Crippen LogP contribution >= 0.6 is 11.6 Å². The first-order chi connectivity index (χ1) is 13.9. The zero-order chi connectivity index (χ0) is 20.8. The minimum atomic E-state index is -0.323. The lowest BCUT2D eigenvalue weighted by atomic mass is 10.1. The summed E-state index contributed by atoms with van der Waals surface area (Å²) in [6, 6.07) is 12.6. The molecule has 0 unspecified atom stereocenters. The maximum Gasteiger partial charge on any atom is 0.238 e. The van der Waals surface area contributed by atoms with Gasteiger partial charge in [0.05, 0.1) is 23.6 Å². The predicted molar refractivity (Wildman–Crippen MR) is 108 cm³/mol. The number of carbonyl (C=O) groups excluding carboxylic acids is 2. The summed E-state index contributed by atoms with van der Waals surface area (Å²) in [6.07, 6.45) is 0.236. The van der Waals surface area contributed by atoms with Crippen molar-refractivity contribution in [2.24, 2.45) is 0 Å². The van der Waals surface area contributed by atoms with Crippen LogP contribution in [-0.4, -0.2) is 54.3 Å². The number of rotatable bonds is 5. The van der Waals surface area contributed by atoms with Gasteiger partial charge in [0.2, 0.25) is 11.8 Å². The van der Waals surface area contributed by atoms with Gasteiger partial charge in [-0.25, -0.2) is 4.39 Å². The molecule has 0 aromatic heterocycles. The molecular weight excluding hydrogens is 395 g/mol. The van der Waals surface area contributed by atoms with Crippen LogP contribution in [0.2, 0.25) is 5.02 Å². The molecule has 0 spiro atoms. The van der Waals surface area contributed by atoms with Crippen LogP contribution in [-0.2, 0) is 16.0 Å². The number of benzene rings is 2. The van der Waals surface area contributed by atoms with Crippen molar-refractivity contribution in [1.82, 2.24) is 9.80 Å². The van der Waals surface area contributed by atoms with Gasteiger partial charge < -0.3 is 10.2 Å². The Kier molecular flexibility index (Phi) is 6.81. The number of halogens is 2. The quantitative estimate of drug-likeness (QED) is 0.816. The van der Waals surface area contributed by atoms with Crippen molar-refractivity contribution in [2.75, 3.05) is 38.0 Å². The molecule has 2 aromatic rings. The van der Waals surface area contributed by atoms with E-state index >= 15 is 0 Å². The van der Waals surface area contributed by atoms with Crippen LogP contribution in [0.4, 0.5) is 10.1 Å². The Bertz CT molecular complexity index is 935. The van der Waals surface area contributed by atoms with Gasteiger partial charge in [-0.3, -0.25) is 14.5 Å². The first-order valence-corrected chi connectivity index (χ1v) is 9.56. The van der Waals surface area contributed by atoms with Crippen molar-refractivity contribution < 1.29 is 14.0 Å². The molecule has 0 atom stereocenters. The van der Waals surface area contributed by atoms with E-state index in [0.29, 0.717) is 42.5 Å². The highest BCUT2D eigenvalue weighted by Gasteiger charge is 2.22. The lowest BCUT2D eigenvalue weighted by Gasteiger charge is -2.34. The average Bonchev–Trinajstić information content (AvgIpc) is 2.70. The fourth-order valence-corrected chi connectivity index (χ4v) is 3.35. The first kappa shape index (κ1) is 20.8. The predicted octanol–water partition coefficient (Wildman–Crippen LogP) is 2.68. The monoisotopic (exact) mass is 414 g/mol. The topological polar surface area (TPSA) is 76.4 Å². The van der Waals surface area contributed by atoms with Crippen LogP contribution in [0.25, 0.3) is 0 Å². The summed E-state index contributed by atoms with van der Waals surface area (Å²) >= 11 is 5.98. The lowest BCUT2D eigenvalue weighted by molar-refractivity contribution is -0.132. The highest BCUT2D eigenvalue weighted by molar-refractivity contribution is 6.32. The maximum absolute atomic E-state index is 13.0. The van der Waals surface area contributed by atoms with Gasteiger partial charge in [0.1, 0.15) is 11.9 Å².